The van der Waals surface area contributed by atoms with E-state index in [1.165, 1.54) is 12.1 Å². The van der Waals surface area contributed by atoms with E-state index < -0.39 is 0 Å². The summed E-state index contributed by atoms with van der Waals surface area (Å²) in [7, 11) is 0. The molecule has 1 N–H and O–H groups in total. The van der Waals surface area contributed by atoms with Gasteiger partial charge in [-0.25, -0.2) is 4.39 Å². The van der Waals surface area contributed by atoms with Crippen molar-refractivity contribution in [2.45, 2.75) is 39.2 Å². The Hall–Kier alpha value is -1.61. The van der Waals surface area contributed by atoms with Crippen molar-refractivity contribution in [1.29, 1.82) is 0 Å². The van der Waals surface area contributed by atoms with E-state index in [2.05, 4.69) is 19.2 Å². The van der Waals surface area contributed by atoms with Gasteiger partial charge in [-0.2, -0.15) is 0 Å². The highest BCUT2D eigenvalue weighted by Crippen LogP contribution is 2.21. The maximum Gasteiger partial charge on any atom is 0.123 e. The van der Waals surface area contributed by atoms with E-state index in [1.807, 2.05) is 24.3 Å². The first-order chi connectivity index (χ1) is 9.72. The number of benzene rings is 1. The van der Waals surface area contributed by atoms with Gasteiger partial charge in [-0.15, -0.1) is 0 Å². The zero-order chi connectivity index (χ0) is 14.4. The van der Waals surface area contributed by atoms with Crippen LogP contribution in [0, 0.1) is 5.82 Å². The molecule has 0 bridgehead atoms. The molecule has 2 nitrogen and oxygen atoms in total. The van der Waals surface area contributed by atoms with Crippen LogP contribution in [0.5, 0.6) is 0 Å². The third-order valence-corrected chi connectivity index (χ3v) is 3.37. The third kappa shape index (κ3) is 3.94. The molecular formula is C17H22FNO. The van der Waals surface area contributed by atoms with Gasteiger partial charge in [0.25, 0.3) is 0 Å². The summed E-state index contributed by atoms with van der Waals surface area (Å²) in [6, 6.07) is 10.9. The predicted molar refractivity (Wildman–Crippen MR) is 79.2 cm³/mol. The Kier molecular flexibility index (Phi) is 5.36. The summed E-state index contributed by atoms with van der Waals surface area (Å²) in [4.78, 5) is 0. The van der Waals surface area contributed by atoms with Crippen molar-refractivity contribution in [2.75, 3.05) is 6.54 Å². The molecule has 0 aliphatic rings. The van der Waals surface area contributed by atoms with Gasteiger partial charge in [0, 0.05) is 6.42 Å². The zero-order valence-corrected chi connectivity index (χ0v) is 12.2. The van der Waals surface area contributed by atoms with E-state index >= 15 is 0 Å². The quantitative estimate of drug-likeness (QED) is 0.816. The first-order valence-corrected chi connectivity index (χ1v) is 7.29. The normalized spacial score (nSPS) is 12.6. The fraction of sp³-hybridized carbons (Fsp3) is 0.412. The standard InChI is InChI=1S/C17H22FNO/c1-3-11-19-16(17-10-9-15(4-2)20-17)12-13-5-7-14(18)8-6-13/h5-10,16,19H,3-4,11-12H2,1-2H3. The Balaban J connectivity index is 2.12. The largest absolute Gasteiger partial charge is 0.464 e. The van der Waals surface area contributed by atoms with E-state index in [0.29, 0.717) is 0 Å². The summed E-state index contributed by atoms with van der Waals surface area (Å²) in [5.74, 6) is 1.76. The number of halogens is 1. The Morgan fingerprint density at radius 3 is 2.45 bits per heavy atom. The maximum absolute atomic E-state index is 13.0. The number of hydrogen-bond donors (Lipinski definition) is 1. The van der Waals surface area contributed by atoms with Crippen molar-refractivity contribution in [3.05, 3.63) is 59.3 Å². The van der Waals surface area contributed by atoms with E-state index in [1.54, 1.807) is 0 Å². The van der Waals surface area contributed by atoms with E-state index in [9.17, 15) is 4.39 Å². The highest BCUT2D eigenvalue weighted by atomic mass is 19.1. The zero-order valence-electron chi connectivity index (χ0n) is 12.2. The number of furan rings is 1. The average Bonchev–Trinajstić information content (AvgIpc) is 2.94. The highest BCUT2D eigenvalue weighted by molar-refractivity contribution is 5.20. The monoisotopic (exact) mass is 275 g/mol. The van der Waals surface area contributed by atoms with Crippen molar-refractivity contribution < 1.29 is 8.81 Å². The van der Waals surface area contributed by atoms with Crippen LogP contribution in [-0.2, 0) is 12.8 Å². The van der Waals surface area contributed by atoms with Crippen LogP contribution in [0.15, 0.2) is 40.8 Å². The summed E-state index contributed by atoms with van der Waals surface area (Å²) in [5.41, 5.74) is 1.11. The lowest BCUT2D eigenvalue weighted by atomic mass is 10.0. The van der Waals surface area contributed by atoms with Crippen LogP contribution in [0.1, 0.15) is 43.4 Å². The molecule has 1 atom stereocenters. The van der Waals surface area contributed by atoms with Crippen molar-refractivity contribution in [3.8, 4) is 0 Å². The van der Waals surface area contributed by atoms with Gasteiger partial charge in [0.05, 0.1) is 6.04 Å². The molecule has 0 fully saturated rings. The molecule has 1 unspecified atom stereocenters. The second-order valence-electron chi connectivity index (χ2n) is 4.99. The fourth-order valence-corrected chi connectivity index (χ4v) is 2.22. The topological polar surface area (TPSA) is 25.2 Å². The smallest absolute Gasteiger partial charge is 0.123 e. The SMILES string of the molecule is CCCNC(Cc1ccc(F)cc1)c1ccc(CC)o1. The highest BCUT2D eigenvalue weighted by Gasteiger charge is 2.15. The summed E-state index contributed by atoms with van der Waals surface area (Å²) in [5, 5.41) is 3.50. The molecule has 1 heterocycles. The Labute approximate surface area is 120 Å². The van der Waals surface area contributed by atoms with Crippen molar-refractivity contribution in [3.63, 3.8) is 0 Å². The summed E-state index contributed by atoms with van der Waals surface area (Å²) in [6.07, 6.45) is 2.77. The molecule has 0 radical (unpaired) electrons. The molecule has 2 aromatic rings. The van der Waals surface area contributed by atoms with Gasteiger partial charge in [-0.05, 0) is 49.2 Å². The molecule has 20 heavy (non-hydrogen) atoms. The maximum atomic E-state index is 13.0. The summed E-state index contributed by atoms with van der Waals surface area (Å²) < 4.78 is 18.8. The van der Waals surface area contributed by atoms with Gasteiger partial charge in [0.15, 0.2) is 0 Å². The molecule has 0 spiro atoms. The van der Waals surface area contributed by atoms with Crippen molar-refractivity contribution in [2.24, 2.45) is 0 Å². The van der Waals surface area contributed by atoms with Crippen LogP contribution in [0.25, 0.3) is 0 Å². The molecule has 1 aromatic heterocycles. The molecule has 0 amide bonds. The second-order valence-corrected chi connectivity index (χ2v) is 4.99. The van der Waals surface area contributed by atoms with Gasteiger partial charge in [-0.1, -0.05) is 26.0 Å². The van der Waals surface area contributed by atoms with Crippen molar-refractivity contribution >= 4 is 0 Å². The number of aryl methyl sites for hydroxylation is 1. The van der Waals surface area contributed by atoms with Gasteiger partial charge in [0.2, 0.25) is 0 Å². The van der Waals surface area contributed by atoms with Crippen LogP contribution in [0.2, 0.25) is 0 Å². The van der Waals surface area contributed by atoms with Gasteiger partial charge in [0.1, 0.15) is 17.3 Å². The van der Waals surface area contributed by atoms with Gasteiger partial charge >= 0.3 is 0 Å². The number of hydrogen-bond acceptors (Lipinski definition) is 2. The molecule has 2 rings (SSSR count). The molecule has 3 heteroatoms. The van der Waals surface area contributed by atoms with E-state index in [-0.39, 0.29) is 11.9 Å². The first kappa shape index (κ1) is 14.8. The molecular weight excluding hydrogens is 253 g/mol. The minimum Gasteiger partial charge on any atom is -0.464 e. The van der Waals surface area contributed by atoms with Crippen molar-refractivity contribution in [1.82, 2.24) is 5.32 Å². The van der Waals surface area contributed by atoms with Crippen LogP contribution in [-0.4, -0.2) is 6.54 Å². The van der Waals surface area contributed by atoms with Crippen LogP contribution < -0.4 is 5.32 Å². The number of rotatable bonds is 7. The molecule has 1 aromatic carbocycles. The number of nitrogens with one attached hydrogen (secondary N) is 1. The average molecular weight is 275 g/mol. The molecule has 0 aliphatic heterocycles. The lowest BCUT2D eigenvalue weighted by molar-refractivity contribution is 0.392. The first-order valence-electron chi connectivity index (χ1n) is 7.29. The Morgan fingerprint density at radius 2 is 1.85 bits per heavy atom. The van der Waals surface area contributed by atoms with Crippen LogP contribution in [0.4, 0.5) is 4.39 Å². The second kappa shape index (κ2) is 7.25. The molecule has 0 aliphatic carbocycles. The lowest BCUT2D eigenvalue weighted by Crippen LogP contribution is -2.23. The Morgan fingerprint density at radius 1 is 1.10 bits per heavy atom. The van der Waals surface area contributed by atoms with E-state index in [0.717, 1.165) is 42.9 Å². The lowest BCUT2D eigenvalue weighted by Gasteiger charge is -2.16. The van der Waals surface area contributed by atoms with Crippen LogP contribution >= 0.6 is 0 Å². The fourth-order valence-electron chi connectivity index (χ4n) is 2.22. The molecule has 0 saturated carbocycles. The van der Waals surface area contributed by atoms with Gasteiger partial charge in [-0.3, -0.25) is 0 Å². The minimum absolute atomic E-state index is 0.140. The minimum atomic E-state index is -0.196. The Bertz CT molecular complexity index is 518. The summed E-state index contributed by atoms with van der Waals surface area (Å²) >= 11 is 0. The predicted octanol–water partition coefficient (Wildman–Crippen LogP) is 4.26. The third-order valence-electron chi connectivity index (χ3n) is 3.37. The molecule has 108 valence electrons. The summed E-state index contributed by atoms with van der Waals surface area (Å²) in [6.45, 7) is 5.16. The van der Waals surface area contributed by atoms with Crippen LogP contribution in [0.3, 0.4) is 0 Å². The molecule has 0 saturated heterocycles. The van der Waals surface area contributed by atoms with E-state index in [4.69, 9.17) is 4.42 Å². The van der Waals surface area contributed by atoms with Gasteiger partial charge < -0.3 is 9.73 Å².